The highest BCUT2D eigenvalue weighted by Crippen LogP contribution is 2.21. The Morgan fingerprint density at radius 1 is 0.793 bits per heavy atom. The Morgan fingerprint density at radius 3 is 2.17 bits per heavy atom. The lowest BCUT2D eigenvalue weighted by Gasteiger charge is -2.08. The fourth-order valence-corrected chi connectivity index (χ4v) is 3.14. The number of hydrogen-bond acceptors (Lipinski definition) is 4. The van der Waals surface area contributed by atoms with Gasteiger partial charge in [0, 0.05) is 23.1 Å². The van der Waals surface area contributed by atoms with E-state index in [1.165, 1.54) is 0 Å². The number of anilines is 1. The highest BCUT2D eigenvalue weighted by molar-refractivity contribution is 5.92. The maximum Gasteiger partial charge on any atom is 0.228 e. The zero-order valence-electron chi connectivity index (χ0n) is 16.0. The molecular formula is C24H20N4O. The Balaban J connectivity index is 1.38. The second-order valence-electron chi connectivity index (χ2n) is 6.82. The third kappa shape index (κ3) is 4.71. The van der Waals surface area contributed by atoms with Gasteiger partial charge in [-0.05, 0) is 59.5 Å². The molecule has 0 spiro atoms. The first-order valence-electron chi connectivity index (χ1n) is 9.36. The Bertz CT molecular complexity index is 1110. The lowest BCUT2D eigenvalue weighted by atomic mass is 10.0. The van der Waals surface area contributed by atoms with E-state index in [9.17, 15) is 4.79 Å². The van der Waals surface area contributed by atoms with E-state index < -0.39 is 0 Å². The molecule has 5 heteroatoms. The molecule has 0 atom stereocenters. The summed E-state index contributed by atoms with van der Waals surface area (Å²) in [6, 6.07) is 21.7. The van der Waals surface area contributed by atoms with Crippen LogP contribution in [0.25, 0.3) is 22.3 Å². The van der Waals surface area contributed by atoms with Crippen LogP contribution in [0.15, 0.2) is 85.3 Å². The summed E-state index contributed by atoms with van der Waals surface area (Å²) in [5, 5.41) is 10.6. The molecular weight excluding hydrogens is 360 g/mol. The summed E-state index contributed by atoms with van der Waals surface area (Å²) in [6.45, 7) is 1.97. The molecule has 2 aromatic heterocycles. The van der Waals surface area contributed by atoms with Crippen molar-refractivity contribution in [3.05, 3.63) is 96.6 Å². The van der Waals surface area contributed by atoms with Crippen molar-refractivity contribution in [1.29, 1.82) is 0 Å². The van der Waals surface area contributed by atoms with Crippen molar-refractivity contribution in [2.24, 2.45) is 0 Å². The number of carbonyl (C=O) groups is 1. The number of benzene rings is 2. The molecule has 0 fully saturated rings. The number of nitrogens with zero attached hydrogens (tertiary/aromatic N) is 3. The van der Waals surface area contributed by atoms with E-state index in [1.54, 1.807) is 12.4 Å². The third-order valence-electron chi connectivity index (χ3n) is 4.63. The van der Waals surface area contributed by atoms with Gasteiger partial charge in [-0.1, -0.05) is 36.4 Å². The topological polar surface area (TPSA) is 67.8 Å². The van der Waals surface area contributed by atoms with Crippen molar-refractivity contribution in [3.63, 3.8) is 0 Å². The zero-order valence-corrected chi connectivity index (χ0v) is 16.0. The van der Waals surface area contributed by atoms with Crippen molar-refractivity contribution in [1.82, 2.24) is 15.2 Å². The summed E-state index contributed by atoms with van der Waals surface area (Å²) in [5.74, 6) is -0.0455. The maximum absolute atomic E-state index is 12.4. The van der Waals surface area contributed by atoms with Gasteiger partial charge in [0.15, 0.2) is 0 Å². The summed E-state index contributed by atoms with van der Waals surface area (Å²) in [4.78, 5) is 16.6. The largest absolute Gasteiger partial charge is 0.326 e. The van der Waals surface area contributed by atoms with E-state index in [-0.39, 0.29) is 5.91 Å². The fraction of sp³-hybridized carbons (Fsp3) is 0.0833. The molecule has 2 heterocycles. The van der Waals surface area contributed by atoms with Crippen LogP contribution in [0.2, 0.25) is 0 Å². The van der Waals surface area contributed by atoms with Crippen LogP contribution in [0.5, 0.6) is 0 Å². The lowest BCUT2D eigenvalue weighted by molar-refractivity contribution is -0.115. The third-order valence-corrected chi connectivity index (χ3v) is 4.63. The molecule has 0 saturated heterocycles. The molecule has 4 aromatic rings. The second kappa shape index (κ2) is 8.44. The van der Waals surface area contributed by atoms with E-state index in [1.807, 2.05) is 79.9 Å². The number of pyridine rings is 1. The second-order valence-corrected chi connectivity index (χ2v) is 6.82. The predicted octanol–water partition coefficient (Wildman–Crippen LogP) is 4.70. The number of aryl methyl sites for hydroxylation is 1. The molecule has 1 N–H and O–H groups in total. The molecule has 4 rings (SSSR count). The molecule has 29 heavy (non-hydrogen) atoms. The number of carbonyl (C=O) groups excluding carboxylic acids is 1. The van der Waals surface area contributed by atoms with Gasteiger partial charge in [0.25, 0.3) is 0 Å². The average molecular weight is 380 g/mol. The van der Waals surface area contributed by atoms with Crippen molar-refractivity contribution < 1.29 is 4.79 Å². The lowest BCUT2D eigenvalue weighted by Crippen LogP contribution is -2.14. The van der Waals surface area contributed by atoms with E-state index in [2.05, 4.69) is 20.5 Å². The van der Waals surface area contributed by atoms with Gasteiger partial charge in [-0.15, -0.1) is 0 Å². The van der Waals surface area contributed by atoms with Crippen molar-refractivity contribution in [2.75, 3.05) is 5.32 Å². The number of nitrogens with one attached hydrogen (secondary N) is 1. The quantitative estimate of drug-likeness (QED) is 0.545. The highest BCUT2D eigenvalue weighted by atomic mass is 16.1. The molecule has 5 nitrogen and oxygen atoms in total. The molecule has 0 radical (unpaired) electrons. The molecule has 0 aliphatic carbocycles. The SMILES string of the molecule is Cc1cc(-c2ccc(CC(=O)Nc3ccc(-c4ccnnc4)cc3)cc2)ccn1. The van der Waals surface area contributed by atoms with Gasteiger partial charge < -0.3 is 5.32 Å². The van der Waals surface area contributed by atoms with E-state index in [4.69, 9.17) is 0 Å². The van der Waals surface area contributed by atoms with Crippen LogP contribution < -0.4 is 5.32 Å². The summed E-state index contributed by atoms with van der Waals surface area (Å²) in [7, 11) is 0. The first-order valence-corrected chi connectivity index (χ1v) is 9.36. The Morgan fingerprint density at radius 2 is 1.48 bits per heavy atom. The van der Waals surface area contributed by atoms with Crippen LogP contribution in [0.1, 0.15) is 11.3 Å². The molecule has 2 aromatic carbocycles. The average Bonchev–Trinajstić information content (AvgIpc) is 2.75. The van der Waals surface area contributed by atoms with Crippen LogP contribution in [0, 0.1) is 6.92 Å². The van der Waals surface area contributed by atoms with E-state index in [0.29, 0.717) is 6.42 Å². The Hall–Kier alpha value is -3.86. The highest BCUT2D eigenvalue weighted by Gasteiger charge is 2.06. The number of hydrogen-bond donors (Lipinski definition) is 1. The molecule has 0 unspecified atom stereocenters. The van der Waals surface area contributed by atoms with Crippen molar-refractivity contribution >= 4 is 11.6 Å². The normalized spacial score (nSPS) is 10.5. The molecule has 0 saturated carbocycles. The Labute approximate surface area is 169 Å². The van der Waals surface area contributed by atoms with Crippen LogP contribution in [0.4, 0.5) is 5.69 Å². The maximum atomic E-state index is 12.4. The van der Waals surface area contributed by atoms with Gasteiger partial charge in [-0.3, -0.25) is 9.78 Å². The van der Waals surface area contributed by atoms with Crippen molar-refractivity contribution in [2.45, 2.75) is 13.3 Å². The number of rotatable bonds is 5. The van der Waals surface area contributed by atoms with Gasteiger partial charge in [0.05, 0.1) is 18.8 Å². The van der Waals surface area contributed by atoms with Gasteiger partial charge in [-0.2, -0.15) is 10.2 Å². The minimum absolute atomic E-state index is 0.0455. The number of amides is 1. The Kier molecular flexibility index (Phi) is 5.38. The molecule has 142 valence electrons. The van der Waals surface area contributed by atoms with Gasteiger partial charge in [-0.25, -0.2) is 0 Å². The van der Waals surface area contributed by atoms with E-state index in [0.717, 1.165) is 39.2 Å². The zero-order chi connectivity index (χ0) is 20.1. The van der Waals surface area contributed by atoms with Gasteiger partial charge in [0.1, 0.15) is 0 Å². The first kappa shape index (κ1) is 18.5. The predicted molar refractivity (Wildman–Crippen MR) is 114 cm³/mol. The minimum atomic E-state index is -0.0455. The van der Waals surface area contributed by atoms with Gasteiger partial charge >= 0.3 is 0 Å². The summed E-state index contributed by atoms with van der Waals surface area (Å²) in [5.41, 5.74) is 6.97. The number of aromatic nitrogens is 3. The summed E-state index contributed by atoms with van der Waals surface area (Å²) in [6.07, 6.45) is 5.50. The standard InChI is InChI=1S/C24H20N4O/c1-17-14-21(10-12-25-17)19-4-2-18(3-5-19)15-24(29)28-23-8-6-20(7-9-23)22-11-13-26-27-16-22/h2-14,16H,15H2,1H3,(H,28,29). The van der Waals surface area contributed by atoms with Crippen molar-refractivity contribution in [3.8, 4) is 22.3 Å². The summed E-state index contributed by atoms with van der Waals surface area (Å²) < 4.78 is 0. The van der Waals surface area contributed by atoms with Gasteiger partial charge in [0.2, 0.25) is 5.91 Å². The molecule has 0 bridgehead atoms. The molecule has 1 amide bonds. The monoisotopic (exact) mass is 380 g/mol. The van der Waals surface area contributed by atoms with E-state index >= 15 is 0 Å². The van der Waals surface area contributed by atoms with Crippen LogP contribution in [0.3, 0.4) is 0 Å². The smallest absolute Gasteiger partial charge is 0.228 e. The van der Waals surface area contributed by atoms with Crippen LogP contribution in [-0.4, -0.2) is 21.1 Å². The molecule has 0 aliphatic heterocycles. The fourth-order valence-electron chi connectivity index (χ4n) is 3.14. The van der Waals surface area contributed by atoms with Crippen LogP contribution >= 0.6 is 0 Å². The molecule has 0 aliphatic rings. The van der Waals surface area contributed by atoms with Crippen LogP contribution in [-0.2, 0) is 11.2 Å². The first-order chi connectivity index (χ1) is 14.2. The summed E-state index contributed by atoms with van der Waals surface area (Å²) >= 11 is 0. The minimum Gasteiger partial charge on any atom is -0.326 e.